The van der Waals surface area contributed by atoms with Gasteiger partial charge < -0.3 is 9.73 Å². The number of amides is 1. The van der Waals surface area contributed by atoms with Crippen molar-refractivity contribution < 1.29 is 9.21 Å². The molecule has 21 heavy (non-hydrogen) atoms. The van der Waals surface area contributed by atoms with Crippen molar-refractivity contribution >= 4 is 11.6 Å². The molecule has 0 aliphatic carbocycles. The van der Waals surface area contributed by atoms with Gasteiger partial charge in [0.25, 0.3) is 5.91 Å². The Balaban J connectivity index is 1.84. The van der Waals surface area contributed by atoms with E-state index in [0.717, 1.165) is 11.1 Å². The second-order valence-electron chi connectivity index (χ2n) is 4.74. The van der Waals surface area contributed by atoms with Gasteiger partial charge in [-0.05, 0) is 32.0 Å². The molecule has 6 nitrogen and oxygen atoms in total. The maximum Gasteiger partial charge on any atom is 0.291 e. The van der Waals surface area contributed by atoms with E-state index in [4.69, 9.17) is 4.42 Å². The van der Waals surface area contributed by atoms with Gasteiger partial charge in [-0.2, -0.15) is 5.10 Å². The third-order valence-corrected chi connectivity index (χ3v) is 3.06. The number of hydrogen-bond acceptors (Lipinski definition) is 4. The summed E-state index contributed by atoms with van der Waals surface area (Å²) in [5.74, 6) is 1.43. The largest absolute Gasteiger partial charge is 0.456 e. The van der Waals surface area contributed by atoms with Crippen molar-refractivity contribution in [3.05, 3.63) is 53.7 Å². The lowest BCUT2D eigenvalue weighted by Crippen LogP contribution is -2.12. The predicted molar refractivity (Wildman–Crippen MR) is 78.0 cm³/mol. The molecule has 1 aromatic carbocycles. The summed E-state index contributed by atoms with van der Waals surface area (Å²) in [5.41, 5.74) is 2.33. The van der Waals surface area contributed by atoms with E-state index in [-0.39, 0.29) is 5.91 Å². The molecule has 2 heterocycles. The monoisotopic (exact) mass is 282 g/mol. The highest BCUT2D eigenvalue weighted by atomic mass is 16.3. The number of aryl methyl sites for hydroxylation is 2. The molecule has 2 N–H and O–H groups in total. The maximum absolute atomic E-state index is 12.2. The number of benzene rings is 1. The van der Waals surface area contributed by atoms with Crippen LogP contribution in [0.5, 0.6) is 0 Å². The van der Waals surface area contributed by atoms with Crippen LogP contribution in [0.15, 0.2) is 41.1 Å². The van der Waals surface area contributed by atoms with E-state index in [1.807, 2.05) is 44.2 Å². The van der Waals surface area contributed by atoms with E-state index >= 15 is 0 Å². The third-order valence-electron chi connectivity index (χ3n) is 3.06. The first-order chi connectivity index (χ1) is 10.1. The molecule has 0 aliphatic heterocycles. The minimum atomic E-state index is -0.268. The summed E-state index contributed by atoms with van der Waals surface area (Å²) in [6.07, 6.45) is 1.44. The zero-order valence-corrected chi connectivity index (χ0v) is 11.7. The summed E-state index contributed by atoms with van der Waals surface area (Å²) in [6, 6.07) is 9.19. The number of nitrogens with one attached hydrogen (secondary N) is 2. The van der Waals surface area contributed by atoms with Crippen LogP contribution in [0.1, 0.15) is 21.9 Å². The van der Waals surface area contributed by atoms with E-state index in [1.165, 1.54) is 6.33 Å². The van der Waals surface area contributed by atoms with Crippen LogP contribution in [0, 0.1) is 13.8 Å². The Morgan fingerprint density at radius 2 is 2.14 bits per heavy atom. The van der Waals surface area contributed by atoms with Crippen molar-refractivity contribution in [2.75, 3.05) is 5.32 Å². The molecule has 0 atom stereocenters. The number of hydrogen-bond donors (Lipinski definition) is 2. The van der Waals surface area contributed by atoms with E-state index in [1.54, 1.807) is 0 Å². The van der Waals surface area contributed by atoms with Crippen LogP contribution in [0.25, 0.3) is 11.4 Å². The molecular formula is C15H14N4O2. The Bertz CT molecular complexity index is 775. The average molecular weight is 282 g/mol. The zero-order chi connectivity index (χ0) is 14.8. The fourth-order valence-electron chi connectivity index (χ4n) is 2.14. The van der Waals surface area contributed by atoms with Crippen molar-refractivity contribution in [2.45, 2.75) is 13.8 Å². The zero-order valence-electron chi connectivity index (χ0n) is 11.7. The first-order valence-corrected chi connectivity index (χ1v) is 6.47. The molecular weight excluding hydrogens is 268 g/mol. The second kappa shape index (κ2) is 5.24. The third kappa shape index (κ3) is 2.69. The molecule has 0 fully saturated rings. The van der Waals surface area contributed by atoms with E-state index < -0.39 is 0 Å². The summed E-state index contributed by atoms with van der Waals surface area (Å²) in [6.45, 7) is 3.66. The van der Waals surface area contributed by atoms with Gasteiger partial charge in [0.2, 0.25) is 0 Å². The van der Waals surface area contributed by atoms with E-state index in [0.29, 0.717) is 23.0 Å². The summed E-state index contributed by atoms with van der Waals surface area (Å²) in [4.78, 5) is 16.3. The van der Waals surface area contributed by atoms with Crippen molar-refractivity contribution in [3.63, 3.8) is 0 Å². The molecule has 0 aliphatic rings. The Hall–Kier alpha value is -2.89. The van der Waals surface area contributed by atoms with Gasteiger partial charge in [-0.3, -0.25) is 9.89 Å². The van der Waals surface area contributed by atoms with Gasteiger partial charge in [-0.15, -0.1) is 0 Å². The van der Waals surface area contributed by atoms with Crippen LogP contribution in [-0.4, -0.2) is 21.1 Å². The van der Waals surface area contributed by atoms with Crippen molar-refractivity contribution in [3.8, 4) is 11.4 Å². The molecule has 6 heteroatoms. The molecule has 0 spiro atoms. The van der Waals surface area contributed by atoms with Crippen LogP contribution in [0.2, 0.25) is 0 Å². The number of H-pyrrole nitrogens is 1. The number of anilines is 1. The summed E-state index contributed by atoms with van der Waals surface area (Å²) < 4.78 is 5.41. The van der Waals surface area contributed by atoms with Crippen LogP contribution < -0.4 is 5.32 Å². The predicted octanol–water partition coefficient (Wildman–Crippen LogP) is 2.93. The maximum atomic E-state index is 12.2. The fourth-order valence-corrected chi connectivity index (χ4v) is 2.14. The number of rotatable bonds is 3. The van der Waals surface area contributed by atoms with Crippen LogP contribution in [-0.2, 0) is 0 Å². The topological polar surface area (TPSA) is 83.8 Å². The molecule has 3 rings (SSSR count). The number of carbonyl (C=O) groups is 1. The number of aromatic amines is 1. The van der Waals surface area contributed by atoms with Gasteiger partial charge in [0.1, 0.15) is 12.1 Å². The summed E-state index contributed by atoms with van der Waals surface area (Å²) in [5, 5.41) is 9.42. The van der Waals surface area contributed by atoms with Gasteiger partial charge in [-0.25, -0.2) is 4.98 Å². The minimum absolute atomic E-state index is 0.268. The Morgan fingerprint density at radius 3 is 2.81 bits per heavy atom. The normalized spacial score (nSPS) is 10.6. The first-order valence-electron chi connectivity index (χ1n) is 6.47. The van der Waals surface area contributed by atoms with Crippen LogP contribution in [0.4, 0.5) is 5.69 Å². The second-order valence-corrected chi connectivity index (χ2v) is 4.74. The Kier molecular flexibility index (Phi) is 3.27. The molecule has 0 radical (unpaired) electrons. The van der Waals surface area contributed by atoms with Gasteiger partial charge in [0.15, 0.2) is 11.6 Å². The lowest BCUT2D eigenvalue weighted by Gasteiger charge is -2.05. The highest BCUT2D eigenvalue weighted by Crippen LogP contribution is 2.20. The van der Waals surface area contributed by atoms with Crippen molar-refractivity contribution in [1.29, 1.82) is 0 Å². The van der Waals surface area contributed by atoms with E-state index in [9.17, 15) is 4.79 Å². The van der Waals surface area contributed by atoms with Crippen LogP contribution in [0.3, 0.4) is 0 Å². The molecule has 0 saturated heterocycles. The fraction of sp³-hybridized carbons (Fsp3) is 0.133. The lowest BCUT2D eigenvalue weighted by atomic mass is 10.2. The first kappa shape index (κ1) is 13.1. The average Bonchev–Trinajstić information content (AvgIpc) is 3.08. The highest BCUT2D eigenvalue weighted by Gasteiger charge is 2.14. The SMILES string of the molecule is Cc1cc(C)c(C(=O)Nc2cccc(-c3ncn[nH]3)c2)o1. The number of nitrogens with zero attached hydrogens (tertiary/aromatic N) is 2. The number of furan rings is 1. The van der Waals surface area contributed by atoms with Crippen molar-refractivity contribution in [2.24, 2.45) is 0 Å². The number of aromatic nitrogens is 3. The highest BCUT2D eigenvalue weighted by molar-refractivity contribution is 6.03. The molecule has 0 bridgehead atoms. The van der Waals surface area contributed by atoms with Crippen LogP contribution >= 0.6 is 0 Å². The van der Waals surface area contributed by atoms with Gasteiger partial charge >= 0.3 is 0 Å². The Labute approximate surface area is 121 Å². The Morgan fingerprint density at radius 1 is 1.29 bits per heavy atom. The molecule has 2 aromatic heterocycles. The molecule has 1 amide bonds. The molecule has 0 saturated carbocycles. The quantitative estimate of drug-likeness (QED) is 0.773. The number of carbonyl (C=O) groups excluding carboxylic acids is 1. The van der Waals surface area contributed by atoms with Gasteiger partial charge in [0, 0.05) is 16.8 Å². The van der Waals surface area contributed by atoms with E-state index in [2.05, 4.69) is 20.5 Å². The molecule has 0 unspecified atom stereocenters. The molecule has 3 aromatic rings. The summed E-state index contributed by atoms with van der Waals surface area (Å²) >= 11 is 0. The summed E-state index contributed by atoms with van der Waals surface area (Å²) in [7, 11) is 0. The standard InChI is InChI=1S/C15H14N4O2/c1-9-6-10(2)21-13(9)15(20)18-12-5-3-4-11(7-12)14-16-8-17-19-14/h3-8H,1-2H3,(H,18,20)(H,16,17,19). The smallest absolute Gasteiger partial charge is 0.291 e. The van der Waals surface area contributed by atoms with Crippen molar-refractivity contribution in [1.82, 2.24) is 15.2 Å². The van der Waals surface area contributed by atoms with Gasteiger partial charge in [0.05, 0.1) is 0 Å². The minimum Gasteiger partial charge on any atom is -0.456 e. The lowest BCUT2D eigenvalue weighted by molar-refractivity contribution is 0.0994. The van der Waals surface area contributed by atoms with Gasteiger partial charge in [-0.1, -0.05) is 12.1 Å². The molecule has 106 valence electrons.